The van der Waals surface area contributed by atoms with Gasteiger partial charge in [0.2, 0.25) is 5.66 Å². The SMILES string of the molecule is [CH2]c1cccc(C2(CCCCCO)N=NN=N2)c1. The Morgan fingerprint density at radius 3 is 2.56 bits per heavy atom. The van der Waals surface area contributed by atoms with Gasteiger partial charge in [-0.25, -0.2) is 0 Å². The van der Waals surface area contributed by atoms with Crippen LogP contribution in [0.4, 0.5) is 0 Å². The molecule has 0 spiro atoms. The predicted octanol–water partition coefficient (Wildman–Crippen LogP) is 3.41. The molecule has 18 heavy (non-hydrogen) atoms. The molecule has 1 heterocycles. The van der Waals surface area contributed by atoms with Crippen molar-refractivity contribution < 1.29 is 5.11 Å². The molecular weight excluding hydrogens is 228 g/mol. The lowest BCUT2D eigenvalue weighted by atomic mass is 9.93. The average molecular weight is 245 g/mol. The average Bonchev–Trinajstić information content (AvgIpc) is 2.85. The third kappa shape index (κ3) is 2.79. The molecule has 0 saturated heterocycles. The van der Waals surface area contributed by atoms with Crippen molar-refractivity contribution in [1.29, 1.82) is 0 Å². The van der Waals surface area contributed by atoms with Crippen LogP contribution in [0.15, 0.2) is 44.9 Å². The molecule has 1 N–H and O–H groups in total. The maximum Gasteiger partial charge on any atom is 0.220 e. The van der Waals surface area contributed by atoms with Crippen LogP contribution in [0.2, 0.25) is 0 Å². The van der Waals surface area contributed by atoms with Crippen LogP contribution in [0.3, 0.4) is 0 Å². The van der Waals surface area contributed by atoms with Gasteiger partial charge in [0.25, 0.3) is 0 Å². The maximum absolute atomic E-state index is 8.78. The van der Waals surface area contributed by atoms with Crippen molar-refractivity contribution in [3.63, 3.8) is 0 Å². The standard InChI is InChI=1S/C13H17N4O/c1-11-6-5-7-12(10-11)13(14-16-17-15-13)8-3-2-4-9-18/h5-7,10,18H,1-4,8-9H2. The Morgan fingerprint density at radius 2 is 1.89 bits per heavy atom. The monoisotopic (exact) mass is 245 g/mol. The molecule has 2 rings (SSSR count). The molecule has 5 heteroatoms. The molecular formula is C13H17N4O. The maximum atomic E-state index is 8.78. The van der Waals surface area contributed by atoms with Crippen LogP contribution < -0.4 is 0 Å². The minimum atomic E-state index is -0.677. The van der Waals surface area contributed by atoms with Crippen LogP contribution in [0.1, 0.15) is 36.8 Å². The summed E-state index contributed by atoms with van der Waals surface area (Å²) in [5.41, 5.74) is 1.23. The van der Waals surface area contributed by atoms with Crippen molar-refractivity contribution in [2.45, 2.75) is 31.3 Å². The highest BCUT2D eigenvalue weighted by atomic mass is 16.2. The van der Waals surface area contributed by atoms with E-state index in [-0.39, 0.29) is 6.61 Å². The molecule has 0 aliphatic carbocycles. The summed E-state index contributed by atoms with van der Waals surface area (Å²) < 4.78 is 0. The van der Waals surface area contributed by atoms with Gasteiger partial charge < -0.3 is 5.11 Å². The lowest BCUT2D eigenvalue weighted by molar-refractivity contribution is 0.278. The van der Waals surface area contributed by atoms with Gasteiger partial charge in [-0.2, -0.15) is 0 Å². The van der Waals surface area contributed by atoms with Crippen molar-refractivity contribution in [3.05, 3.63) is 42.3 Å². The Bertz CT molecular complexity index is 444. The summed E-state index contributed by atoms with van der Waals surface area (Å²) >= 11 is 0. The van der Waals surface area contributed by atoms with E-state index in [4.69, 9.17) is 5.11 Å². The summed E-state index contributed by atoms with van der Waals surface area (Å²) in [4.78, 5) is 0. The highest BCUT2D eigenvalue weighted by molar-refractivity contribution is 5.31. The van der Waals surface area contributed by atoms with Gasteiger partial charge in [0, 0.05) is 18.6 Å². The van der Waals surface area contributed by atoms with Gasteiger partial charge in [0.05, 0.1) is 0 Å². The molecule has 0 atom stereocenters. The summed E-state index contributed by atoms with van der Waals surface area (Å²) in [6.07, 6.45) is 3.44. The molecule has 0 fully saturated rings. The lowest BCUT2D eigenvalue weighted by Gasteiger charge is -2.20. The summed E-state index contributed by atoms with van der Waals surface area (Å²) in [6.45, 7) is 4.14. The first-order valence-electron chi connectivity index (χ1n) is 6.14. The minimum absolute atomic E-state index is 0.227. The number of rotatable bonds is 6. The highest BCUT2D eigenvalue weighted by Crippen LogP contribution is 2.37. The van der Waals surface area contributed by atoms with Crippen molar-refractivity contribution in [3.8, 4) is 0 Å². The van der Waals surface area contributed by atoms with Crippen LogP contribution in [0, 0.1) is 6.92 Å². The number of aliphatic hydroxyl groups excluding tert-OH is 1. The van der Waals surface area contributed by atoms with Gasteiger partial charge >= 0.3 is 0 Å². The topological polar surface area (TPSA) is 69.7 Å². The first-order chi connectivity index (χ1) is 8.77. The highest BCUT2D eigenvalue weighted by Gasteiger charge is 2.34. The first kappa shape index (κ1) is 12.8. The van der Waals surface area contributed by atoms with E-state index in [1.807, 2.05) is 24.3 Å². The van der Waals surface area contributed by atoms with Crippen molar-refractivity contribution in [2.75, 3.05) is 6.61 Å². The third-order valence-electron chi connectivity index (χ3n) is 3.03. The zero-order chi connectivity index (χ0) is 12.8. The van der Waals surface area contributed by atoms with E-state index in [9.17, 15) is 0 Å². The largest absolute Gasteiger partial charge is 0.396 e. The molecule has 1 aromatic rings. The van der Waals surface area contributed by atoms with E-state index >= 15 is 0 Å². The molecule has 5 nitrogen and oxygen atoms in total. The van der Waals surface area contributed by atoms with Crippen LogP contribution in [-0.4, -0.2) is 11.7 Å². The first-order valence-corrected chi connectivity index (χ1v) is 6.14. The fraction of sp³-hybridized carbons (Fsp3) is 0.462. The normalized spacial score (nSPS) is 16.3. The fourth-order valence-corrected chi connectivity index (χ4v) is 2.05. The van der Waals surface area contributed by atoms with Crippen LogP contribution in [0.25, 0.3) is 0 Å². The Kier molecular flexibility index (Phi) is 4.15. The number of hydrogen-bond acceptors (Lipinski definition) is 5. The van der Waals surface area contributed by atoms with E-state index in [1.54, 1.807) is 0 Å². The second-order valence-electron chi connectivity index (χ2n) is 4.43. The van der Waals surface area contributed by atoms with Gasteiger partial charge in [-0.3, -0.25) is 0 Å². The summed E-state index contributed by atoms with van der Waals surface area (Å²) in [5, 5.41) is 24.4. The van der Waals surface area contributed by atoms with Crippen molar-refractivity contribution in [2.24, 2.45) is 20.7 Å². The lowest BCUT2D eigenvalue weighted by Crippen LogP contribution is -2.18. The summed E-state index contributed by atoms with van der Waals surface area (Å²) in [6, 6.07) is 7.82. The van der Waals surface area contributed by atoms with E-state index in [2.05, 4.69) is 27.6 Å². The molecule has 0 aromatic heterocycles. The molecule has 1 aromatic carbocycles. The summed E-state index contributed by atoms with van der Waals surface area (Å²) in [5.74, 6) is 0. The zero-order valence-electron chi connectivity index (χ0n) is 10.3. The molecule has 95 valence electrons. The van der Waals surface area contributed by atoms with Crippen LogP contribution >= 0.6 is 0 Å². The Balaban J connectivity index is 2.12. The number of benzene rings is 1. The third-order valence-corrected chi connectivity index (χ3v) is 3.03. The molecule has 0 amide bonds. The zero-order valence-corrected chi connectivity index (χ0v) is 10.3. The molecule has 0 unspecified atom stereocenters. The fourth-order valence-electron chi connectivity index (χ4n) is 2.05. The van der Waals surface area contributed by atoms with E-state index in [1.165, 1.54) is 0 Å². The Morgan fingerprint density at radius 1 is 1.11 bits per heavy atom. The summed E-state index contributed by atoms with van der Waals surface area (Å²) in [7, 11) is 0. The van der Waals surface area contributed by atoms with E-state index in [0.29, 0.717) is 0 Å². The van der Waals surface area contributed by atoms with Gasteiger partial charge in [-0.15, -0.1) is 10.2 Å². The van der Waals surface area contributed by atoms with Crippen molar-refractivity contribution >= 4 is 0 Å². The van der Waals surface area contributed by atoms with Crippen molar-refractivity contribution in [1.82, 2.24) is 0 Å². The van der Waals surface area contributed by atoms with E-state index < -0.39 is 5.66 Å². The quantitative estimate of drug-likeness (QED) is 0.766. The molecule has 0 saturated carbocycles. The molecule has 1 radical (unpaired) electrons. The van der Waals surface area contributed by atoms with Gasteiger partial charge in [-0.1, -0.05) is 30.7 Å². The van der Waals surface area contributed by atoms with Gasteiger partial charge in [0.15, 0.2) is 0 Å². The molecule has 1 aliphatic rings. The van der Waals surface area contributed by atoms with E-state index in [0.717, 1.165) is 36.8 Å². The molecule has 0 bridgehead atoms. The van der Waals surface area contributed by atoms with Gasteiger partial charge in [0.1, 0.15) is 0 Å². The number of hydrogen-bond donors (Lipinski definition) is 1. The Hall–Kier alpha value is -1.62. The smallest absolute Gasteiger partial charge is 0.220 e. The number of nitrogens with zero attached hydrogens (tertiary/aromatic N) is 4. The van der Waals surface area contributed by atoms with Crippen LogP contribution in [-0.2, 0) is 5.66 Å². The molecule has 1 aliphatic heterocycles. The number of unbranched alkanes of at least 4 members (excludes halogenated alkanes) is 2. The Labute approximate surface area is 107 Å². The number of aliphatic hydroxyl groups is 1. The second kappa shape index (κ2) is 5.82. The minimum Gasteiger partial charge on any atom is -0.396 e. The second-order valence-corrected chi connectivity index (χ2v) is 4.43. The van der Waals surface area contributed by atoms with Gasteiger partial charge in [-0.05, 0) is 35.8 Å². The predicted molar refractivity (Wildman–Crippen MR) is 67.8 cm³/mol. The van der Waals surface area contributed by atoms with Crippen LogP contribution in [0.5, 0.6) is 0 Å².